The Bertz CT molecular complexity index is 878. The van der Waals surface area contributed by atoms with Gasteiger partial charge in [-0.3, -0.25) is 9.48 Å². The summed E-state index contributed by atoms with van der Waals surface area (Å²) < 4.78 is 3.72. The van der Waals surface area contributed by atoms with Crippen LogP contribution >= 0.6 is 0 Å². The SMILES string of the molecule is CC(C)n1ccc(C(=O)N2Cc3cnn(-c4ccccc4)c3C2)n1. The van der Waals surface area contributed by atoms with Crippen molar-refractivity contribution in [3.8, 4) is 5.69 Å². The molecule has 24 heavy (non-hydrogen) atoms. The van der Waals surface area contributed by atoms with Gasteiger partial charge in [0.05, 0.1) is 24.1 Å². The third-order valence-corrected chi connectivity index (χ3v) is 4.30. The van der Waals surface area contributed by atoms with Gasteiger partial charge in [0.15, 0.2) is 0 Å². The van der Waals surface area contributed by atoms with Gasteiger partial charge >= 0.3 is 0 Å². The van der Waals surface area contributed by atoms with Crippen molar-refractivity contribution < 1.29 is 4.79 Å². The van der Waals surface area contributed by atoms with Gasteiger partial charge in [0, 0.05) is 24.3 Å². The van der Waals surface area contributed by atoms with Gasteiger partial charge in [0.2, 0.25) is 0 Å². The zero-order valence-corrected chi connectivity index (χ0v) is 13.8. The van der Waals surface area contributed by atoms with E-state index < -0.39 is 0 Å². The van der Waals surface area contributed by atoms with Gasteiger partial charge in [-0.05, 0) is 32.0 Å². The summed E-state index contributed by atoms with van der Waals surface area (Å²) in [6.45, 7) is 5.22. The Morgan fingerprint density at radius 2 is 1.92 bits per heavy atom. The molecule has 6 heteroatoms. The number of rotatable bonds is 3. The molecule has 0 saturated heterocycles. The van der Waals surface area contributed by atoms with Gasteiger partial charge in [-0.25, -0.2) is 4.68 Å². The number of amides is 1. The second-order valence-corrected chi connectivity index (χ2v) is 6.30. The zero-order chi connectivity index (χ0) is 16.7. The van der Waals surface area contributed by atoms with E-state index in [0.29, 0.717) is 18.8 Å². The van der Waals surface area contributed by atoms with Crippen molar-refractivity contribution in [1.82, 2.24) is 24.5 Å². The predicted molar refractivity (Wildman–Crippen MR) is 89.8 cm³/mol. The number of para-hydroxylation sites is 1. The predicted octanol–water partition coefficient (Wildman–Crippen LogP) is 2.81. The normalized spacial score (nSPS) is 13.5. The van der Waals surface area contributed by atoms with Crippen LogP contribution in [0.4, 0.5) is 0 Å². The first-order valence-corrected chi connectivity index (χ1v) is 8.09. The summed E-state index contributed by atoms with van der Waals surface area (Å²) in [5.41, 5.74) is 3.67. The highest BCUT2D eigenvalue weighted by Crippen LogP contribution is 2.26. The molecule has 1 aromatic carbocycles. The lowest BCUT2D eigenvalue weighted by Crippen LogP contribution is -2.26. The first-order valence-electron chi connectivity index (χ1n) is 8.09. The van der Waals surface area contributed by atoms with Crippen LogP contribution in [0, 0.1) is 0 Å². The molecule has 0 unspecified atom stereocenters. The van der Waals surface area contributed by atoms with E-state index in [1.54, 1.807) is 6.07 Å². The molecule has 4 rings (SSSR count). The fraction of sp³-hybridized carbons (Fsp3) is 0.278. The molecule has 0 saturated carbocycles. The van der Waals surface area contributed by atoms with E-state index in [2.05, 4.69) is 10.2 Å². The smallest absolute Gasteiger partial charge is 0.275 e. The molecule has 6 nitrogen and oxygen atoms in total. The van der Waals surface area contributed by atoms with E-state index in [1.165, 1.54) is 0 Å². The molecule has 0 atom stereocenters. The van der Waals surface area contributed by atoms with Crippen molar-refractivity contribution in [2.24, 2.45) is 0 Å². The number of nitrogens with zero attached hydrogens (tertiary/aromatic N) is 5. The topological polar surface area (TPSA) is 56.0 Å². The fourth-order valence-electron chi connectivity index (χ4n) is 2.99. The molecule has 2 aromatic heterocycles. The van der Waals surface area contributed by atoms with Gasteiger partial charge in [0.25, 0.3) is 5.91 Å². The van der Waals surface area contributed by atoms with Gasteiger partial charge < -0.3 is 4.90 Å². The number of aromatic nitrogens is 4. The highest BCUT2D eigenvalue weighted by atomic mass is 16.2. The summed E-state index contributed by atoms with van der Waals surface area (Å²) in [7, 11) is 0. The molecule has 1 amide bonds. The van der Waals surface area contributed by atoms with Crippen molar-refractivity contribution in [3.05, 3.63) is 65.7 Å². The Labute approximate surface area is 140 Å². The fourth-order valence-corrected chi connectivity index (χ4v) is 2.99. The minimum atomic E-state index is -0.0368. The molecule has 122 valence electrons. The third kappa shape index (κ3) is 2.40. The summed E-state index contributed by atoms with van der Waals surface area (Å²) in [6, 6.07) is 12.0. The maximum absolute atomic E-state index is 12.7. The quantitative estimate of drug-likeness (QED) is 0.745. The summed E-state index contributed by atoms with van der Waals surface area (Å²) in [5, 5.41) is 8.85. The average molecular weight is 321 g/mol. The first kappa shape index (κ1) is 14.7. The highest BCUT2D eigenvalue weighted by molar-refractivity contribution is 5.92. The molecule has 3 heterocycles. The van der Waals surface area contributed by atoms with E-state index in [9.17, 15) is 4.79 Å². The molecule has 0 N–H and O–H groups in total. The Kier molecular flexibility index (Phi) is 3.45. The van der Waals surface area contributed by atoms with Crippen LogP contribution in [-0.2, 0) is 13.1 Å². The summed E-state index contributed by atoms with van der Waals surface area (Å²) >= 11 is 0. The average Bonchev–Trinajstić information content (AvgIpc) is 3.30. The lowest BCUT2D eigenvalue weighted by Gasteiger charge is -2.15. The molecule has 1 aliphatic heterocycles. The van der Waals surface area contributed by atoms with Crippen molar-refractivity contribution >= 4 is 5.91 Å². The number of carbonyl (C=O) groups is 1. The lowest BCUT2D eigenvalue weighted by molar-refractivity contribution is 0.0741. The minimum absolute atomic E-state index is 0.0368. The number of hydrogen-bond acceptors (Lipinski definition) is 3. The number of hydrogen-bond donors (Lipinski definition) is 0. The van der Waals surface area contributed by atoms with Crippen LogP contribution < -0.4 is 0 Å². The second kappa shape index (κ2) is 5.63. The maximum atomic E-state index is 12.7. The maximum Gasteiger partial charge on any atom is 0.275 e. The lowest BCUT2D eigenvalue weighted by atomic mass is 10.3. The van der Waals surface area contributed by atoms with Crippen molar-refractivity contribution in [2.45, 2.75) is 33.0 Å². The van der Waals surface area contributed by atoms with Crippen LogP contribution in [0.15, 0.2) is 48.8 Å². The second-order valence-electron chi connectivity index (χ2n) is 6.30. The summed E-state index contributed by atoms with van der Waals surface area (Å²) in [4.78, 5) is 14.5. The van der Waals surface area contributed by atoms with Crippen molar-refractivity contribution in [3.63, 3.8) is 0 Å². The van der Waals surface area contributed by atoms with Crippen molar-refractivity contribution in [1.29, 1.82) is 0 Å². The first-order chi connectivity index (χ1) is 11.6. The monoisotopic (exact) mass is 321 g/mol. The molecule has 3 aromatic rings. The molecule has 0 bridgehead atoms. The Balaban J connectivity index is 1.57. The molecule has 0 aliphatic carbocycles. The number of carbonyl (C=O) groups excluding carboxylic acids is 1. The van der Waals surface area contributed by atoms with E-state index in [0.717, 1.165) is 16.9 Å². The van der Waals surface area contributed by atoms with E-state index >= 15 is 0 Å². The van der Waals surface area contributed by atoms with Crippen molar-refractivity contribution in [2.75, 3.05) is 0 Å². The van der Waals surface area contributed by atoms with Crippen LogP contribution in [-0.4, -0.2) is 30.4 Å². The van der Waals surface area contributed by atoms with Crippen LogP contribution in [0.25, 0.3) is 5.69 Å². The van der Waals surface area contributed by atoms with Gasteiger partial charge in [-0.1, -0.05) is 18.2 Å². The standard InChI is InChI=1S/C18H19N5O/c1-13(2)22-9-8-16(20-22)18(24)21-11-14-10-19-23(17(14)12-21)15-6-4-3-5-7-15/h3-10,13H,11-12H2,1-2H3. The van der Waals surface area contributed by atoms with E-state index in [4.69, 9.17) is 0 Å². The van der Waals surface area contributed by atoms with Gasteiger partial charge in [-0.15, -0.1) is 0 Å². The Hall–Kier alpha value is -2.89. The summed E-state index contributed by atoms with van der Waals surface area (Å²) in [6.07, 6.45) is 3.70. The molecular weight excluding hydrogens is 302 g/mol. The van der Waals surface area contributed by atoms with Crippen LogP contribution in [0.5, 0.6) is 0 Å². The molecule has 0 spiro atoms. The minimum Gasteiger partial charge on any atom is -0.327 e. The summed E-state index contributed by atoms with van der Waals surface area (Å²) in [5.74, 6) is -0.0368. The molecule has 0 radical (unpaired) electrons. The van der Waals surface area contributed by atoms with Gasteiger partial charge in [0.1, 0.15) is 5.69 Å². The molecule has 1 aliphatic rings. The highest BCUT2D eigenvalue weighted by Gasteiger charge is 2.29. The molecular formula is C18H19N5O. The largest absolute Gasteiger partial charge is 0.327 e. The van der Waals surface area contributed by atoms with Crippen LogP contribution in [0.3, 0.4) is 0 Å². The number of benzene rings is 1. The zero-order valence-electron chi connectivity index (χ0n) is 13.8. The third-order valence-electron chi connectivity index (χ3n) is 4.30. The van der Waals surface area contributed by atoms with Crippen LogP contribution in [0.2, 0.25) is 0 Å². The number of fused-ring (bicyclic) bond motifs is 1. The van der Waals surface area contributed by atoms with E-state index in [-0.39, 0.29) is 11.9 Å². The Morgan fingerprint density at radius 3 is 2.62 bits per heavy atom. The van der Waals surface area contributed by atoms with Crippen LogP contribution in [0.1, 0.15) is 41.6 Å². The molecule has 0 fully saturated rings. The van der Waals surface area contributed by atoms with Gasteiger partial charge in [-0.2, -0.15) is 10.2 Å². The van der Waals surface area contributed by atoms with E-state index in [1.807, 2.05) is 70.8 Å². The Morgan fingerprint density at radius 1 is 1.12 bits per heavy atom.